The average Bonchev–Trinajstić information content (AvgIpc) is 3.21. The van der Waals surface area contributed by atoms with E-state index >= 15 is 0 Å². The number of amides is 2. The molecule has 0 bridgehead atoms. The van der Waals surface area contributed by atoms with Gasteiger partial charge in [-0.3, -0.25) is 14.5 Å². The quantitative estimate of drug-likeness (QED) is 0.128. The molecule has 0 saturated carbocycles. The van der Waals surface area contributed by atoms with Crippen molar-refractivity contribution in [2.24, 2.45) is 5.16 Å². The predicted molar refractivity (Wildman–Crippen MR) is 102 cm³/mol. The Kier molecular flexibility index (Phi) is 9.68. The summed E-state index contributed by atoms with van der Waals surface area (Å²) >= 11 is 1.52. The van der Waals surface area contributed by atoms with Crippen molar-refractivity contribution in [1.82, 2.24) is 14.5 Å². The van der Waals surface area contributed by atoms with Crippen LogP contribution in [0.5, 0.6) is 0 Å². The molecule has 2 fully saturated rings. The van der Waals surface area contributed by atoms with Crippen LogP contribution in [0.2, 0.25) is 0 Å². The first-order valence-electron chi connectivity index (χ1n) is 8.95. The fourth-order valence-electron chi connectivity index (χ4n) is 2.91. The van der Waals surface area contributed by atoms with Gasteiger partial charge in [-0.25, -0.2) is 12.7 Å². The summed E-state index contributed by atoms with van der Waals surface area (Å²) in [6.07, 6.45) is 1.24. The Morgan fingerprint density at radius 3 is 2.80 bits per heavy atom. The van der Waals surface area contributed by atoms with Crippen LogP contribution >= 0.6 is 11.3 Å². The van der Waals surface area contributed by atoms with E-state index < -0.39 is 28.2 Å². The van der Waals surface area contributed by atoms with Crippen LogP contribution in [0.1, 0.15) is 17.4 Å². The van der Waals surface area contributed by atoms with Gasteiger partial charge in [0.1, 0.15) is 12.3 Å². The van der Waals surface area contributed by atoms with Crippen molar-refractivity contribution >= 4 is 39.7 Å². The number of hydrogen-bond donors (Lipinski definition) is 1. The molecule has 160 valence electrons. The van der Waals surface area contributed by atoms with Crippen LogP contribution < -0.4 is 34.9 Å². The third-order valence-corrected chi connectivity index (χ3v) is 6.34. The van der Waals surface area contributed by atoms with E-state index in [2.05, 4.69) is 15.4 Å². The second kappa shape index (κ2) is 11.5. The fourth-order valence-corrected chi connectivity index (χ4v) is 4.37. The van der Waals surface area contributed by atoms with E-state index in [0.29, 0.717) is 19.6 Å². The number of carbonyl (C=O) groups excluding carboxylic acids is 2. The van der Waals surface area contributed by atoms with Crippen LogP contribution in [0.15, 0.2) is 22.7 Å². The molecule has 0 radical (unpaired) electrons. The topological polar surface area (TPSA) is 141 Å². The molecule has 2 aliphatic heterocycles. The number of hydrogen-bond acceptors (Lipinski definition) is 10. The van der Waals surface area contributed by atoms with E-state index in [9.17, 15) is 22.6 Å². The summed E-state index contributed by atoms with van der Waals surface area (Å²) in [5, 5.41) is 7.92. The largest absolute Gasteiger partial charge is 1.00 e. The minimum atomic E-state index is -4.84. The third kappa shape index (κ3) is 6.99. The van der Waals surface area contributed by atoms with Gasteiger partial charge in [0.2, 0.25) is 0 Å². The number of rotatable bonds is 9. The Balaban J connectivity index is 0.00000320. The van der Waals surface area contributed by atoms with Gasteiger partial charge < -0.3 is 19.4 Å². The molecule has 14 heteroatoms. The van der Waals surface area contributed by atoms with Crippen LogP contribution in [0.4, 0.5) is 0 Å². The minimum Gasteiger partial charge on any atom is -0.731 e. The first-order valence-corrected chi connectivity index (χ1v) is 11.2. The zero-order chi connectivity index (χ0) is 20.9. The van der Waals surface area contributed by atoms with Crippen LogP contribution in [0, 0.1) is 0 Å². The molecule has 2 atom stereocenters. The zero-order valence-electron chi connectivity index (χ0n) is 16.4. The SMILES string of the molecule is O=C(/C=N/OC(CCN1CCOCC1)c1cccs1)NC1CN(S(=O)(=O)[O-])C1=O.[Na+]. The zero-order valence-corrected chi connectivity index (χ0v) is 20.1. The maximum Gasteiger partial charge on any atom is 1.00 e. The smallest absolute Gasteiger partial charge is 0.731 e. The Hall–Kier alpha value is -1.06. The van der Waals surface area contributed by atoms with Crippen molar-refractivity contribution < 1.29 is 61.7 Å². The minimum absolute atomic E-state index is 0. The van der Waals surface area contributed by atoms with Crippen molar-refractivity contribution in [2.75, 3.05) is 39.4 Å². The number of thiophene rings is 1. The van der Waals surface area contributed by atoms with Crippen LogP contribution in [0.3, 0.4) is 0 Å². The molecule has 1 N–H and O–H groups in total. The normalized spacial score (nSPS) is 21.0. The summed E-state index contributed by atoms with van der Waals surface area (Å²) in [6.45, 7) is 3.52. The van der Waals surface area contributed by atoms with Gasteiger partial charge in [0, 0.05) is 30.9 Å². The number of ether oxygens (including phenoxy) is 1. The molecule has 2 saturated heterocycles. The molecule has 3 rings (SSSR count). The number of nitrogens with one attached hydrogen (secondary N) is 1. The summed E-state index contributed by atoms with van der Waals surface area (Å²) < 4.78 is 37.8. The second-order valence-corrected chi connectivity index (χ2v) is 8.75. The summed E-state index contributed by atoms with van der Waals surface area (Å²) in [5.74, 6) is -1.69. The monoisotopic (exact) mass is 468 g/mol. The summed E-state index contributed by atoms with van der Waals surface area (Å²) in [7, 11) is -4.84. The van der Waals surface area contributed by atoms with Crippen molar-refractivity contribution in [1.29, 1.82) is 0 Å². The van der Waals surface area contributed by atoms with Crippen molar-refractivity contribution in [2.45, 2.75) is 18.6 Å². The molecule has 2 amide bonds. The molecule has 1 aromatic rings. The molecule has 2 aliphatic rings. The number of β-lactam (4-membered cyclic amide) rings is 1. The van der Waals surface area contributed by atoms with E-state index in [1.165, 1.54) is 11.3 Å². The van der Waals surface area contributed by atoms with Gasteiger partial charge in [-0.05, 0) is 11.4 Å². The van der Waals surface area contributed by atoms with Gasteiger partial charge in [-0.15, -0.1) is 11.3 Å². The van der Waals surface area contributed by atoms with E-state index in [-0.39, 0.29) is 46.5 Å². The Morgan fingerprint density at radius 1 is 1.47 bits per heavy atom. The van der Waals surface area contributed by atoms with Gasteiger partial charge in [-0.2, -0.15) is 0 Å². The van der Waals surface area contributed by atoms with E-state index in [1.807, 2.05) is 17.5 Å². The molecule has 0 aromatic carbocycles. The first kappa shape index (κ1) is 25.2. The summed E-state index contributed by atoms with van der Waals surface area (Å²) in [4.78, 5) is 32.2. The fraction of sp³-hybridized carbons (Fsp3) is 0.562. The molecule has 30 heavy (non-hydrogen) atoms. The number of carbonyl (C=O) groups is 2. The predicted octanol–water partition coefficient (Wildman–Crippen LogP) is -3.69. The third-order valence-electron chi connectivity index (χ3n) is 4.51. The Labute approximate surface area is 200 Å². The van der Waals surface area contributed by atoms with Gasteiger partial charge >= 0.3 is 29.6 Å². The second-order valence-electron chi connectivity index (χ2n) is 6.47. The maximum absolute atomic E-state index is 11.9. The van der Waals surface area contributed by atoms with Crippen molar-refractivity contribution in [3.8, 4) is 0 Å². The molecule has 0 aliphatic carbocycles. The number of morpholine rings is 1. The molecular weight excluding hydrogens is 447 g/mol. The summed E-state index contributed by atoms with van der Waals surface area (Å²) in [6, 6.07) is 2.77. The van der Waals surface area contributed by atoms with Gasteiger partial charge in [0.05, 0.1) is 19.8 Å². The van der Waals surface area contributed by atoms with Gasteiger partial charge in [0.25, 0.3) is 11.8 Å². The average molecular weight is 468 g/mol. The summed E-state index contributed by atoms with van der Waals surface area (Å²) in [5.41, 5.74) is 0. The Morgan fingerprint density at radius 2 is 2.20 bits per heavy atom. The molecular formula is C16H21N4NaO7S2. The van der Waals surface area contributed by atoms with Crippen molar-refractivity contribution in [3.05, 3.63) is 22.4 Å². The molecule has 0 spiro atoms. The molecule has 11 nitrogen and oxygen atoms in total. The standard InChI is InChI=1S/C16H22N4O7S2.Na/c21-15(18-12-11-20(16(12)22)29(23,24)25)10-17-27-13(14-2-1-9-28-14)3-4-19-5-7-26-8-6-19;/h1-2,9-10,12-13H,3-8,11H2,(H,18,21)(H,23,24,25);/q;+1/p-1/b17-10+;. The molecule has 2 unspecified atom stereocenters. The van der Waals surface area contributed by atoms with Gasteiger partial charge in [0.15, 0.2) is 16.4 Å². The van der Waals surface area contributed by atoms with E-state index in [0.717, 1.165) is 30.7 Å². The van der Waals surface area contributed by atoms with Gasteiger partial charge in [-0.1, -0.05) is 11.2 Å². The van der Waals surface area contributed by atoms with E-state index in [1.54, 1.807) is 0 Å². The molecule has 3 heterocycles. The first-order chi connectivity index (χ1) is 13.8. The number of oxime groups is 1. The number of nitrogens with zero attached hydrogens (tertiary/aromatic N) is 3. The molecule has 1 aromatic heterocycles. The van der Waals surface area contributed by atoms with Crippen LogP contribution in [0.25, 0.3) is 0 Å². The Bertz CT molecular complexity index is 844. The van der Waals surface area contributed by atoms with E-state index in [4.69, 9.17) is 9.57 Å². The maximum atomic E-state index is 11.9. The van der Waals surface area contributed by atoms with Crippen molar-refractivity contribution in [3.63, 3.8) is 0 Å². The van der Waals surface area contributed by atoms with Crippen LogP contribution in [-0.4, -0.2) is 85.6 Å². The van der Waals surface area contributed by atoms with Crippen LogP contribution in [-0.2, 0) is 29.5 Å².